The third-order valence-electron chi connectivity index (χ3n) is 3.90. The van der Waals surface area contributed by atoms with Gasteiger partial charge in [-0.25, -0.2) is 0 Å². The van der Waals surface area contributed by atoms with Crippen LogP contribution >= 0.6 is 0 Å². The normalized spacial score (nSPS) is 18.8. The van der Waals surface area contributed by atoms with Crippen molar-refractivity contribution in [1.29, 1.82) is 0 Å². The lowest BCUT2D eigenvalue weighted by molar-refractivity contribution is -0.385. The maximum atomic E-state index is 11.1. The van der Waals surface area contributed by atoms with Gasteiger partial charge in [-0.3, -0.25) is 10.1 Å². The van der Waals surface area contributed by atoms with Gasteiger partial charge in [0.05, 0.1) is 4.92 Å². The van der Waals surface area contributed by atoms with E-state index in [9.17, 15) is 10.1 Å². The topological polar surface area (TPSA) is 58.4 Å². The number of hydrogen-bond donors (Lipinski definition) is 1. The van der Waals surface area contributed by atoms with E-state index >= 15 is 0 Å². The Morgan fingerprint density at radius 1 is 1.50 bits per heavy atom. The summed E-state index contributed by atoms with van der Waals surface area (Å²) in [6.45, 7) is 6.90. The average molecular weight is 277 g/mol. The van der Waals surface area contributed by atoms with E-state index in [1.54, 1.807) is 13.0 Å². The minimum absolute atomic E-state index is 0.215. The molecule has 0 aliphatic carbocycles. The van der Waals surface area contributed by atoms with Crippen LogP contribution in [0.2, 0.25) is 0 Å². The van der Waals surface area contributed by atoms with Crippen LogP contribution in [0.3, 0.4) is 0 Å². The van der Waals surface area contributed by atoms with Crippen LogP contribution in [0.4, 0.5) is 11.4 Å². The van der Waals surface area contributed by atoms with Gasteiger partial charge in [0.15, 0.2) is 0 Å². The number of aryl methyl sites for hydroxylation is 1. The fourth-order valence-electron chi connectivity index (χ4n) is 2.84. The zero-order valence-corrected chi connectivity index (χ0v) is 12.3. The van der Waals surface area contributed by atoms with Crippen LogP contribution in [0.1, 0.15) is 31.7 Å². The van der Waals surface area contributed by atoms with E-state index in [-0.39, 0.29) is 10.6 Å². The van der Waals surface area contributed by atoms with Crippen LogP contribution in [0, 0.1) is 17.0 Å². The summed E-state index contributed by atoms with van der Waals surface area (Å²) in [5.74, 6) is 0. The Balaban J connectivity index is 2.28. The van der Waals surface area contributed by atoms with E-state index in [1.807, 2.05) is 12.1 Å². The number of piperidine rings is 1. The van der Waals surface area contributed by atoms with Gasteiger partial charge in [-0.1, -0.05) is 13.0 Å². The van der Waals surface area contributed by atoms with Crippen molar-refractivity contribution in [3.05, 3.63) is 33.9 Å². The van der Waals surface area contributed by atoms with E-state index < -0.39 is 0 Å². The lowest BCUT2D eigenvalue weighted by atomic mass is 10.0. The molecule has 5 nitrogen and oxygen atoms in total. The predicted molar refractivity (Wildman–Crippen MR) is 81.4 cm³/mol. The number of nitro groups is 1. The molecule has 0 saturated carbocycles. The summed E-state index contributed by atoms with van der Waals surface area (Å²) >= 11 is 0. The molecule has 0 radical (unpaired) electrons. The first-order valence-electron chi connectivity index (χ1n) is 7.36. The van der Waals surface area contributed by atoms with Gasteiger partial charge in [0, 0.05) is 36.4 Å². The summed E-state index contributed by atoms with van der Waals surface area (Å²) in [4.78, 5) is 13.1. The number of benzene rings is 1. The molecule has 0 aromatic heterocycles. The van der Waals surface area contributed by atoms with Crippen LogP contribution in [0.25, 0.3) is 0 Å². The summed E-state index contributed by atoms with van der Waals surface area (Å²) in [6, 6.07) is 6.02. The number of nitro benzene ring substituents is 1. The summed E-state index contributed by atoms with van der Waals surface area (Å²) in [6.07, 6.45) is 3.35. The highest BCUT2D eigenvalue weighted by Crippen LogP contribution is 2.27. The van der Waals surface area contributed by atoms with Crippen molar-refractivity contribution in [1.82, 2.24) is 5.32 Å². The molecule has 20 heavy (non-hydrogen) atoms. The summed E-state index contributed by atoms with van der Waals surface area (Å²) < 4.78 is 0. The fourth-order valence-corrected chi connectivity index (χ4v) is 2.84. The van der Waals surface area contributed by atoms with Crippen LogP contribution in [-0.4, -0.2) is 30.6 Å². The van der Waals surface area contributed by atoms with Gasteiger partial charge in [-0.2, -0.15) is 0 Å². The molecule has 2 rings (SSSR count). The Morgan fingerprint density at radius 2 is 2.30 bits per heavy atom. The van der Waals surface area contributed by atoms with Crippen LogP contribution in [-0.2, 0) is 0 Å². The molecule has 0 amide bonds. The summed E-state index contributed by atoms with van der Waals surface area (Å²) in [5.41, 5.74) is 1.90. The molecule has 1 unspecified atom stereocenters. The third kappa shape index (κ3) is 3.28. The van der Waals surface area contributed by atoms with Gasteiger partial charge < -0.3 is 10.2 Å². The number of rotatable bonds is 5. The SMILES string of the molecule is CCCN(c1ccc(C)c([N+](=O)[O-])c1)C1CCCNC1. The van der Waals surface area contributed by atoms with Gasteiger partial charge >= 0.3 is 0 Å². The highest BCUT2D eigenvalue weighted by atomic mass is 16.6. The van der Waals surface area contributed by atoms with Gasteiger partial charge in [0.2, 0.25) is 0 Å². The van der Waals surface area contributed by atoms with Gasteiger partial charge in [0.25, 0.3) is 5.69 Å². The second kappa shape index (κ2) is 6.70. The monoisotopic (exact) mass is 277 g/mol. The Morgan fingerprint density at radius 3 is 2.90 bits per heavy atom. The minimum Gasteiger partial charge on any atom is -0.367 e. The van der Waals surface area contributed by atoms with Crippen molar-refractivity contribution in [2.24, 2.45) is 0 Å². The quantitative estimate of drug-likeness (QED) is 0.664. The molecule has 1 aliphatic rings. The second-order valence-corrected chi connectivity index (χ2v) is 5.42. The molecule has 1 aliphatic heterocycles. The molecule has 1 atom stereocenters. The van der Waals surface area contributed by atoms with Crippen molar-refractivity contribution in [3.8, 4) is 0 Å². The Kier molecular flexibility index (Phi) is 4.95. The molecule has 1 saturated heterocycles. The molecule has 1 aromatic rings. The van der Waals surface area contributed by atoms with E-state index in [0.717, 1.165) is 43.7 Å². The molecule has 1 heterocycles. The minimum atomic E-state index is -0.290. The second-order valence-electron chi connectivity index (χ2n) is 5.42. The number of anilines is 1. The largest absolute Gasteiger partial charge is 0.367 e. The number of nitrogens with zero attached hydrogens (tertiary/aromatic N) is 2. The molecular formula is C15H23N3O2. The van der Waals surface area contributed by atoms with Gasteiger partial charge in [0.1, 0.15) is 0 Å². The van der Waals surface area contributed by atoms with E-state index in [1.165, 1.54) is 6.42 Å². The smallest absolute Gasteiger partial charge is 0.274 e. The maximum Gasteiger partial charge on any atom is 0.274 e. The first-order chi connectivity index (χ1) is 9.63. The van der Waals surface area contributed by atoms with E-state index in [2.05, 4.69) is 17.1 Å². The van der Waals surface area contributed by atoms with Crippen LogP contribution in [0.5, 0.6) is 0 Å². The maximum absolute atomic E-state index is 11.1. The van der Waals surface area contributed by atoms with Crippen LogP contribution < -0.4 is 10.2 Å². The lowest BCUT2D eigenvalue weighted by Crippen LogP contribution is -2.46. The lowest BCUT2D eigenvalue weighted by Gasteiger charge is -2.36. The van der Waals surface area contributed by atoms with Crippen molar-refractivity contribution >= 4 is 11.4 Å². The zero-order chi connectivity index (χ0) is 14.5. The summed E-state index contributed by atoms with van der Waals surface area (Å²) in [5, 5.41) is 14.5. The molecule has 1 N–H and O–H groups in total. The third-order valence-corrected chi connectivity index (χ3v) is 3.90. The highest BCUT2D eigenvalue weighted by molar-refractivity contribution is 5.57. The van der Waals surface area contributed by atoms with Crippen molar-refractivity contribution < 1.29 is 4.92 Å². The molecule has 0 spiro atoms. The van der Waals surface area contributed by atoms with E-state index in [4.69, 9.17) is 0 Å². The van der Waals surface area contributed by atoms with Crippen molar-refractivity contribution in [2.45, 2.75) is 39.2 Å². The fraction of sp³-hybridized carbons (Fsp3) is 0.600. The summed E-state index contributed by atoms with van der Waals surface area (Å²) in [7, 11) is 0. The van der Waals surface area contributed by atoms with Gasteiger partial charge in [-0.05, 0) is 38.8 Å². The average Bonchev–Trinajstić information content (AvgIpc) is 2.46. The number of nitrogens with one attached hydrogen (secondary N) is 1. The molecule has 1 aromatic carbocycles. The first-order valence-corrected chi connectivity index (χ1v) is 7.36. The molecule has 5 heteroatoms. The molecule has 110 valence electrons. The van der Waals surface area contributed by atoms with Crippen LogP contribution in [0.15, 0.2) is 18.2 Å². The Labute approximate surface area is 120 Å². The number of hydrogen-bond acceptors (Lipinski definition) is 4. The van der Waals surface area contributed by atoms with Gasteiger partial charge in [-0.15, -0.1) is 0 Å². The molecule has 0 bridgehead atoms. The molecule has 1 fully saturated rings. The molecular weight excluding hydrogens is 254 g/mol. The highest BCUT2D eigenvalue weighted by Gasteiger charge is 2.22. The van der Waals surface area contributed by atoms with E-state index in [0.29, 0.717) is 6.04 Å². The van der Waals surface area contributed by atoms with Crippen molar-refractivity contribution in [3.63, 3.8) is 0 Å². The standard InChI is InChI=1S/C15H23N3O2/c1-3-9-17(14-5-4-8-16-11-14)13-7-6-12(2)15(10-13)18(19)20/h6-7,10,14,16H,3-5,8-9,11H2,1-2H3. The zero-order valence-electron chi connectivity index (χ0n) is 12.3. The predicted octanol–water partition coefficient (Wildman–Crippen LogP) is 2.87. The Hall–Kier alpha value is -1.62. The first kappa shape index (κ1) is 14.8. The van der Waals surface area contributed by atoms with Crippen molar-refractivity contribution in [2.75, 3.05) is 24.5 Å². The Bertz CT molecular complexity index is 470.